The van der Waals surface area contributed by atoms with Gasteiger partial charge in [0.05, 0.1) is 18.1 Å². The maximum Gasteiger partial charge on any atom is 0.231 e. The molecule has 5 atom stereocenters. The zero-order valence-corrected chi connectivity index (χ0v) is 17.4. The van der Waals surface area contributed by atoms with Crippen LogP contribution in [0.15, 0.2) is 53.5 Å². The lowest BCUT2D eigenvalue weighted by molar-refractivity contribution is -0.129. The number of carbonyl (C=O) groups excluding carboxylic acids is 1. The predicted molar refractivity (Wildman–Crippen MR) is 117 cm³/mol. The fourth-order valence-electron chi connectivity index (χ4n) is 4.12. The van der Waals surface area contributed by atoms with Gasteiger partial charge in [-0.2, -0.15) is 0 Å². The third kappa shape index (κ3) is 4.08. The Morgan fingerprint density at radius 2 is 1.94 bits per heavy atom. The Morgan fingerprint density at radius 1 is 1.13 bits per heavy atom. The zero-order valence-electron chi connectivity index (χ0n) is 16.6. The molecule has 0 bridgehead atoms. The quantitative estimate of drug-likeness (QED) is 0.572. The van der Waals surface area contributed by atoms with Crippen LogP contribution >= 0.6 is 11.8 Å². The molecule has 1 fully saturated rings. The van der Waals surface area contributed by atoms with Crippen LogP contribution < -0.4 is 20.1 Å². The first-order chi connectivity index (χ1) is 15.1. The minimum atomic E-state index is -1.01. The number of hydrogen-bond donors (Lipinski definition) is 4. The zero-order chi connectivity index (χ0) is 21.4. The van der Waals surface area contributed by atoms with Gasteiger partial charge in [-0.15, -0.1) is 0 Å². The van der Waals surface area contributed by atoms with Crippen molar-refractivity contribution in [2.75, 3.05) is 12.1 Å². The van der Waals surface area contributed by atoms with Crippen LogP contribution in [0.2, 0.25) is 0 Å². The fourth-order valence-corrected chi connectivity index (χ4v) is 5.50. The Labute approximate surface area is 183 Å². The van der Waals surface area contributed by atoms with Gasteiger partial charge in [-0.05, 0) is 24.1 Å². The van der Waals surface area contributed by atoms with E-state index in [0.717, 1.165) is 11.3 Å². The molecular weight excluding hydrogens is 418 g/mol. The first-order valence-electron chi connectivity index (χ1n) is 10.2. The van der Waals surface area contributed by atoms with E-state index in [1.807, 2.05) is 48.5 Å². The molecule has 0 aromatic heterocycles. The second kappa shape index (κ2) is 8.41. The Balaban J connectivity index is 1.28. The summed E-state index contributed by atoms with van der Waals surface area (Å²) >= 11 is 1.42. The predicted octanol–water partition coefficient (Wildman–Crippen LogP) is 1.73. The number of fused-ring (bicyclic) bond motifs is 2. The van der Waals surface area contributed by atoms with Crippen molar-refractivity contribution in [2.45, 2.75) is 36.5 Å². The number of thioether (sulfide) groups is 1. The topological polar surface area (TPSA) is 112 Å². The van der Waals surface area contributed by atoms with Gasteiger partial charge in [0.2, 0.25) is 12.7 Å². The van der Waals surface area contributed by atoms with Crippen molar-refractivity contribution in [3.8, 4) is 11.5 Å². The van der Waals surface area contributed by atoms with Crippen LogP contribution in [-0.2, 0) is 11.3 Å². The molecular formula is C22H23N3O5S. The lowest BCUT2D eigenvalue weighted by atomic mass is 9.81. The van der Waals surface area contributed by atoms with Gasteiger partial charge in [0, 0.05) is 23.5 Å². The fraction of sp³-hybridized carbons (Fsp3) is 0.364. The number of aliphatic hydroxyl groups excluding tert-OH is 2. The molecule has 1 amide bonds. The molecule has 31 heavy (non-hydrogen) atoms. The molecule has 4 N–H and O–H groups in total. The normalized spacial score (nSPS) is 28.6. The highest BCUT2D eigenvalue weighted by Gasteiger charge is 2.50. The maximum absolute atomic E-state index is 12.9. The highest BCUT2D eigenvalue weighted by atomic mass is 32.2. The largest absolute Gasteiger partial charge is 0.454 e. The minimum Gasteiger partial charge on any atom is -0.454 e. The Morgan fingerprint density at radius 3 is 2.77 bits per heavy atom. The smallest absolute Gasteiger partial charge is 0.231 e. The summed E-state index contributed by atoms with van der Waals surface area (Å²) in [5.74, 6) is 0.738. The SMILES string of the molecule is O=C(NCc1ccccc1)C1CC(O)C(O)C2N=C(Nc3ccc4c(c3)OCO4)SC12. The van der Waals surface area contributed by atoms with Gasteiger partial charge in [-0.3, -0.25) is 9.79 Å². The van der Waals surface area contributed by atoms with E-state index in [1.54, 1.807) is 0 Å². The number of hydrogen-bond acceptors (Lipinski definition) is 8. The van der Waals surface area contributed by atoms with Gasteiger partial charge in [0.25, 0.3) is 0 Å². The van der Waals surface area contributed by atoms with Crippen LogP contribution in [0.3, 0.4) is 0 Å². The van der Waals surface area contributed by atoms with Crippen molar-refractivity contribution in [1.29, 1.82) is 0 Å². The average Bonchev–Trinajstić information content (AvgIpc) is 3.42. The summed E-state index contributed by atoms with van der Waals surface area (Å²) in [5.41, 5.74) is 1.78. The number of ether oxygens (including phenoxy) is 2. The summed E-state index contributed by atoms with van der Waals surface area (Å²) in [5, 5.41) is 27.4. The van der Waals surface area contributed by atoms with Crippen molar-refractivity contribution < 1.29 is 24.5 Å². The summed E-state index contributed by atoms with van der Waals surface area (Å²) in [7, 11) is 0. The number of benzene rings is 2. The van der Waals surface area contributed by atoms with Crippen LogP contribution in [0.1, 0.15) is 12.0 Å². The van der Waals surface area contributed by atoms with Gasteiger partial charge < -0.3 is 30.3 Å². The summed E-state index contributed by atoms with van der Waals surface area (Å²) in [6.07, 6.45) is -1.81. The molecule has 2 aromatic carbocycles. The number of anilines is 1. The monoisotopic (exact) mass is 441 g/mol. The van der Waals surface area contributed by atoms with E-state index in [0.29, 0.717) is 23.2 Å². The van der Waals surface area contributed by atoms with E-state index in [-0.39, 0.29) is 24.4 Å². The van der Waals surface area contributed by atoms with Crippen molar-refractivity contribution in [1.82, 2.24) is 5.32 Å². The van der Waals surface area contributed by atoms with Crippen LogP contribution in [0.4, 0.5) is 5.69 Å². The number of carbonyl (C=O) groups is 1. The standard InChI is InChI=1S/C22H23N3O5S/c26-15-9-14(21(28)23-10-12-4-2-1-3-5-12)20-18(19(15)27)25-22(31-20)24-13-6-7-16-17(8-13)30-11-29-16/h1-8,14-15,18-20,26-27H,9-11H2,(H,23,28)(H,24,25). The number of aliphatic hydroxyl groups is 2. The number of nitrogens with zero attached hydrogens (tertiary/aromatic N) is 1. The summed E-state index contributed by atoms with van der Waals surface area (Å²) < 4.78 is 10.7. The average molecular weight is 442 g/mol. The number of amides is 1. The van der Waals surface area contributed by atoms with Gasteiger partial charge >= 0.3 is 0 Å². The van der Waals surface area contributed by atoms with E-state index in [4.69, 9.17) is 9.47 Å². The summed E-state index contributed by atoms with van der Waals surface area (Å²) in [6.45, 7) is 0.614. The number of amidine groups is 1. The van der Waals surface area contributed by atoms with Crippen molar-refractivity contribution >= 4 is 28.5 Å². The van der Waals surface area contributed by atoms with Gasteiger partial charge in [-0.1, -0.05) is 42.1 Å². The van der Waals surface area contributed by atoms with Crippen LogP contribution in [0.5, 0.6) is 11.5 Å². The highest BCUT2D eigenvalue weighted by molar-refractivity contribution is 8.15. The van der Waals surface area contributed by atoms with E-state index in [9.17, 15) is 15.0 Å². The number of nitrogens with one attached hydrogen (secondary N) is 2. The lowest BCUT2D eigenvalue weighted by Gasteiger charge is -2.37. The lowest BCUT2D eigenvalue weighted by Crippen LogP contribution is -2.53. The van der Waals surface area contributed by atoms with E-state index >= 15 is 0 Å². The number of rotatable bonds is 4. The van der Waals surface area contributed by atoms with Crippen LogP contribution in [0, 0.1) is 5.92 Å². The minimum absolute atomic E-state index is 0.142. The van der Waals surface area contributed by atoms with E-state index in [1.165, 1.54) is 11.8 Å². The molecule has 0 saturated heterocycles. The molecule has 162 valence electrons. The number of aliphatic imine (C=N–C) groups is 1. The van der Waals surface area contributed by atoms with E-state index in [2.05, 4.69) is 15.6 Å². The van der Waals surface area contributed by atoms with Crippen molar-refractivity contribution in [3.63, 3.8) is 0 Å². The first-order valence-corrected chi connectivity index (χ1v) is 11.1. The Hall–Kier alpha value is -2.75. The molecule has 3 aliphatic rings. The molecule has 9 heteroatoms. The molecule has 2 heterocycles. The van der Waals surface area contributed by atoms with Crippen LogP contribution in [-0.4, -0.2) is 51.6 Å². The van der Waals surface area contributed by atoms with E-state index < -0.39 is 24.2 Å². The molecule has 0 radical (unpaired) electrons. The first kappa shape index (κ1) is 20.2. The molecule has 5 unspecified atom stereocenters. The molecule has 0 spiro atoms. The summed E-state index contributed by atoms with van der Waals surface area (Å²) in [6, 6.07) is 14.6. The second-order valence-corrected chi connectivity index (χ2v) is 8.97. The molecule has 1 aliphatic carbocycles. The molecule has 1 saturated carbocycles. The summed E-state index contributed by atoms with van der Waals surface area (Å²) in [4.78, 5) is 17.5. The molecule has 2 aliphatic heterocycles. The van der Waals surface area contributed by atoms with Gasteiger partial charge in [-0.25, -0.2) is 0 Å². The Kier molecular flexibility index (Phi) is 5.47. The molecule has 8 nitrogen and oxygen atoms in total. The second-order valence-electron chi connectivity index (χ2n) is 7.80. The Bertz CT molecular complexity index is 1000. The maximum atomic E-state index is 12.9. The van der Waals surface area contributed by atoms with Crippen molar-refractivity contribution in [3.05, 3.63) is 54.1 Å². The van der Waals surface area contributed by atoms with Gasteiger partial charge in [0.15, 0.2) is 16.7 Å². The third-order valence-electron chi connectivity index (χ3n) is 5.76. The third-order valence-corrected chi connectivity index (χ3v) is 7.07. The van der Waals surface area contributed by atoms with Crippen molar-refractivity contribution in [2.24, 2.45) is 10.9 Å². The molecule has 2 aromatic rings. The highest BCUT2D eigenvalue weighted by Crippen LogP contribution is 2.42. The van der Waals surface area contributed by atoms with Crippen LogP contribution in [0.25, 0.3) is 0 Å². The molecule has 5 rings (SSSR count). The van der Waals surface area contributed by atoms with Gasteiger partial charge in [0.1, 0.15) is 6.10 Å².